The number of rotatable bonds is 12. The van der Waals surface area contributed by atoms with Crippen molar-refractivity contribution in [2.24, 2.45) is 0 Å². The van der Waals surface area contributed by atoms with Gasteiger partial charge in [0.15, 0.2) is 0 Å². The lowest BCUT2D eigenvalue weighted by atomic mass is 10.1. The number of aryl methyl sites for hydroxylation is 1. The van der Waals surface area contributed by atoms with E-state index in [-0.39, 0.29) is 11.6 Å². The average Bonchev–Trinajstić information content (AvgIpc) is 3.22. The van der Waals surface area contributed by atoms with E-state index < -0.39 is 0 Å². The summed E-state index contributed by atoms with van der Waals surface area (Å²) in [5.41, 5.74) is 5.27. The highest BCUT2D eigenvalue weighted by molar-refractivity contribution is 5.68. The largest absolute Gasteiger partial charge is 0.370 e. The molecule has 0 radical (unpaired) electrons. The summed E-state index contributed by atoms with van der Waals surface area (Å²) in [6.07, 6.45) is 3.48. The fourth-order valence-electron chi connectivity index (χ4n) is 3.70. The van der Waals surface area contributed by atoms with Crippen molar-refractivity contribution in [1.29, 1.82) is 0 Å². The molecule has 3 aromatic rings. The Labute approximate surface area is 199 Å². The molecule has 1 heterocycles. The van der Waals surface area contributed by atoms with E-state index >= 15 is 0 Å². The van der Waals surface area contributed by atoms with Gasteiger partial charge in [0.05, 0.1) is 11.4 Å². The predicted octanol–water partition coefficient (Wildman–Crippen LogP) is 5.41. The number of allylic oxidation sites excluding steroid dienone is 2. The van der Waals surface area contributed by atoms with Crippen molar-refractivity contribution in [1.82, 2.24) is 20.0 Å². The van der Waals surface area contributed by atoms with Crippen LogP contribution < -0.4 is 5.32 Å². The third-order valence-electron chi connectivity index (χ3n) is 5.33. The molecule has 0 aliphatic heterocycles. The van der Waals surface area contributed by atoms with Crippen LogP contribution in [-0.2, 0) is 11.3 Å². The first-order valence-corrected chi connectivity index (χ1v) is 11.2. The van der Waals surface area contributed by atoms with E-state index in [1.54, 1.807) is 24.3 Å². The molecule has 0 fully saturated rings. The molecular formula is C27H30F2N4O. The number of halogens is 2. The van der Waals surface area contributed by atoms with E-state index in [1.807, 2.05) is 30.7 Å². The number of carbonyl (C=O) groups is 1. The summed E-state index contributed by atoms with van der Waals surface area (Å²) in [7, 11) is 0. The van der Waals surface area contributed by atoms with Crippen molar-refractivity contribution in [2.75, 3.05) is 19.6 Å². The smallest absolute Gasteiger partial charge is 0.207 e. The van der Waals surface area contributed by atoms with Crippen LogP contribution >= 0.6 is 0 Å². The van der Waals surface area contributed by atoms with Gasteiger partial charge in [-0.15, -0.1) is 0 Å². The molecule has 178 valence electrons. The van der Waals surface area contributed by atoms with E-state index in [0.717, 1.165) is 46.8 Å². The zero-order chi connectivity index (χ0) is 24.5. The minimum Gasteiger partial charge on any atom is -0.370 e. The quantitative estimate of drug-likeness (QED) is 0.221. The van der Waals surface area contributed by atoms with Crippen LogP contribution in [0.2, 0.25) is 0 Å². The summed E-state index contributed by atoms with van der Waals surface area (Å²) in [6.45, 7) is 10.7. The van der Waals surface area contributed by atoms with Gasteiger partial charge in [0.1, 0.15) is 11.6 Å². The van der Waals surface area contributed by atoms with Crippen LogP contribution in [0.15, 0.2) is 78.5 Å². The van der Waals surface area contributed by atoms with Gasteiger partial charge >= 0.3 is 0 Å². The van der Waals surface area contributed by atoms with Gasteiger partial charge < -0.3 is 10.2 Å². The number of carbonyl (C=O) groups excluding carboxylic acids is 1. The van der Waals surface area contributed by atoms with Crippen molar-refractivity contribution in [3.8, 4) is 22.5 Å². The predicted molar refractivity (Wildman–Crippen MR) is 132 cm³/mol. The van der Waals surface area contributed by atoms with Gasteiger partial charge in [0.2, 0.25) is 6.41 Å². The second kappa shape index (κ2) is 11.9. The van der Waals surface area contributed by atoms with E-state index in [4.69, 9.17) is 5.10 Å². The topological polar surface area (TPSA) is 50.2 Å². The monoisotopic (exact) mass is 464 g/mol. The maximum Gasteiger partial charge on any atom is 0.207 e. The summed E-state index contributed by atoms with van der Waals surface area (Å²) < 4.78 is 28.8. The van der Waals surface area contributed by atoms with Gasteiger partial charge in [-0.2, -0.15) is 5.10 Å². The molecule has 0 saturated heterocycles. The molecular weight excluding hydrogens is 434 g/mol. The summed E-state index contributed by atoms with van der Waals surface area (Å²) >= 11 is 0. The van der Waals surface area contributed by atoms with Crippen LogP contribution in [0.3, 0.4) is 0 Å². The molecule has 2 aromatic carbocycles. The molecule has 0 spiro atoms. The molecule has 1 aromatic heterocycles. The normalized spacial score (nSPS) is 10.6. The molecule has 1 N–H and O–H groups in total. The maximum atomic E-state index is 13.5. The molecule has 0 aliphatic carbocycles. The van der Waals surface area contributed by atoms with Crippen LogP contribution in [0.5, 0.6) is 0 Å². The van der Waals surface area contributed by atoms with Crippen LogP contribution in [0.1, 0.15) is 20.3 Å². The van der Waals surface area contributed by atoms with Crippen LogP contribution in [-0.4, -0.2) is 40.7 Å². The van der Waals surface area contributed by atoms with Gasteiger partial charge in [-0.05, 0) is 80.9 Å². The zero-order valence-corrected chi connectivity index (χ0v) is 19.6. The first-order valence-electron chi connectivity index (χ1n) is 11.2. The Morgan fingerprint density at radius 3 is 2.24 bits per heavy atom. The van der Waals surface area contributed by atoms with E-state index in [2.05, 4.69) is 16.8 Å². The van der Waals surface area contributed by atoms with Crippen molar-refractivity contribution in [3.63, 3.8) is 0 Å². The van der Waals surface area contributed by atoms with Crippen molar-refractivity contribution < 1.29 is 13.6 Å². The molecule has 1 amide bonds. The molecule has 0 unspecified atom stereocenters. The van der Waals surface area contributed by atoms with Gasteiger partial charge in [-0.3, -0.25) is 9.48 Å². The highest BCUT2D eigenvalue weighted by atomic mass is 19.1. The van der Waals surface area contributed by atoms with Crippen LogP contribution in [0.25, 0.3) is 22.5 Å². The number of amides is 1. The minimum atomic E-state index is -0.303. The molecule has 3 rings (SSSR count). The van der Waals surface area contributed by atoms with Crippen molar-refractivity contribution in [2.45, 2.75) is 26.8 Å². The Morgan fingerprint density at radius 2 is 1.65 bits per heavy atom. The third kappa shape index (κ3) is 6.88. The van der Waals surface area contributed by atoms with E-state index in [9.17, 15) is 13.6 Å². The summed E-state index contributed by atoms with van der Waals surface area (Å²) in [4.78, 5) is 12.8. The van der Waals surface area contributed by atoms with Crippen molar-refractivity contribution >= 4 is 6.41 Å². The summed E-state index contributed by atoms with van der Waals surface area (Å²) in [5.74, 6) is -0.603. The molecule has 0 aliphatic rings. The number of hydrogen-bond donors (Lipinski definition) is 1. The first-order chi connectivity index (χ1) is 16.4. The van der Waals surface area contributed by atoms with E-state index in [1.165, 1.54) is 24.3 Å². The zero-order valence-electron chi connectivity index (χ0n) is 19.6. The lowest BCUT2D eigenvalue weighted by Crippen LogP contribution is -2.31. The van der Waals surface area contributed by atoms with Gasteiger partial charge in [-0.1, -0.05) is 12.2 Å². The Bertz CT molecular complexity index is 1130. The highest BCUT2D eigenvalue weighted by Crippen LogP contribution is 2.27. The fourth-order valence-corrected chi connectivity index (χ4v) is 3.70. The second-order valence-corrected chi connectivity index (χ2v) is 8.28. The number of hydrogen-bond acceptors (Lipinski definition) is 3. The highest BCUT2D eigenvalue weighted by Gasteiger charge is 2.13. The number of aromatic nitrogens is 2. The average molecular weight is 465 g/mol. The van der Waals surface area contributed by atoms with Crippen molar-refractivity contribution in [3.05, 3.63) is 90.2 Å². The SMILES string of the molecule is C=C(C=C(C)C)N(CCCn1nc(-c2ccc(F)cc2)cc1-c1ccc(F)cc1)CCNC=O. The molecule has 7 heteroatoms. The van der Waals surface area contributed by atoms with Crippen LogP contribution in [0, 0.1) is 11.6 Å². The van der Waals surface area contributed by atoms with Crippen LogP contribution in [0.4, 0.5) is 8.78 Å². The maximum absolute atomic E-state index is 13.5. The molecule has 0 bridgehead atoms. The van der Waals surface area contributed by atoms with Gasteiger partial charge in [0, 0.05) is 43.0 Å². The summed E-state index contributed by atoms with van der Waals surface area (Å²) in [6, 6.07) is 14.5. The number of nitrogens with one attached hydrogen (secondary N) is 1. The Hall–Kier alpha value is -3.74. The Morgan fingerprint density at radius 1 is 1.03 bits per heavy atom. The standard InChI is InChI=1S/C27H30F2N4O/c1-20(2)17-21(3)32(16-13-30-19-34)14-4-15-33-27(23-7-11-25(29)12-8-23)18-26(31-33)22-5-9-24(28)10-6-22/h5-12,17-19H,3-4,13-16H2,1-2H3,(H,30,34). The van der Waals surface area contributed by atoms with Gasteiger partial charge in [0.25, 0.3) is 0 Å². The summed E-state index contributed by atoms with van der Waals surface area (Å²) in [5, 5.41) is 7.46. The lowest BCUT2D eigenvalue weighted by molar-refractivity contribution is -0.109. The fraction of sp³-hybridized carbons (Fsp3) is 0.259. The molecule has 5 nitrogen and oxygen atoms in total. The number of nitrogens with zero attached hydrogens (tertiary/aromatic N) is 3. The molecule has 34 heavy (non-hydrogen) atoms. The minimum absolute atomic E-state index is 0.300. The first kappa shape index (κ1) is 24.9. The second-order valence-electron chi connectivity index (χ2n) is 8.28. The van der Waals surface area contributed by atoms with E-state index in [0.29, 0.717) is 26.0 Å². The Kier molecular flexibility index (Phi) is 8.73. The lowest BCUT2D eigenvalue weighted by Gasteiger charge is -2.25. The Balaban J connectivity index is 1.81. The number of benzene rings is 2. The molecule has 0 saturated carbocycles. The third-order valence-corrected chi connectivity index (χ3v) is 5.33. The molecule has 0 atom stereocenters. The van der Waals surface area contributed by atoms with Gasteiger partial charge in [-0.25, -0.2) is 8.78 Å².